The summed E-state index contributed by atoms with van der Waals surface area (Å²) < 4.78 is 1.12. The van der Waals surface area contributed by atoms with Crippen LogP contribution < -0.4 is 11.1 Å². The van der Waals surface area contributed by atoms with Crippen LogP contribution in [-0.4, -0.2) is 18.5 Å². The summed E-state index contributed by atoms with van der Waals surface area (Å²) >= 11 is 3.47. The maximum absolute atomic E-state index is 10.6. The predicted octanol–water partition coefficient (Wildman–Crippen LogP) is 1.77. The van der Waals surface area contributed by atoms with Gasteiger partial charge in [-0.2, -0.15) is 0 Å². The summed E-state index contributed by atoms with van der Waals surface area (Å²) in [6.45, 7) is 0.288. The molecule has 1 aromatic rings. The summed E-state index contributed by atoms with van der Waals surface area (Å²) in [6.07, 6.45) is 2.17. The van der Waals surface area contributed by atoms with Crippen LogP contribution in [-0.2, 0) is 4.79 Å². The third kappa shape index (κ3) is 2.83. The van der Waals surface area contributed by atoms with E-state index in [4.69, 9.17) is 5.73 Å². The Labute approximate surface area is 104 Å². The molecule has 2 rings (SSSR count). The molecule has 1 saturated carbocycles. The maximum atomic E-state index is 10.6. The SMILES string of the molecule is NC(=O)CNC1CC(c2cccc(Br)c2)C1. The molecular formula is C12H15BrN2O. The van der Waals surface area contributed by atoms with Gasteiger partial charge in [0.25, 0.3) is 0 Å². The van der Waals surface area contributed by atoms with E-state index < -0.39 is 0 Å². The highest BCUT2D eigenvalue weighted by Gasteiger charge is 2.29. The minimum Gasteiger partial charge on any atom is -0.369 e. The number of carbonyl (C=O) groups is 1. The maximum Gasteiger partial charge on any atom is 0.231 e. The van der Waals surface area contributed by atoms with E-state index in [1.54, 1.807) is 0 Å². The first-order chi connectivity index (χ1) is 7.65. The molecule has 1 fully saturated rings. The highest BCUT2D eigenvalue weighted by Crippen LogP contribution is 2.37. The van der Waals surface area contributed by atoms with E-state index in [1.807, 2.05) is 6.07 Å². The molecule has 0 aliphatic heterocycles. The normalized spacial score (nSPS) is 23.8. The summed E-state index contributed by atoms with van der Waals surface area (Å²) in [6, 6.07) is 8.85. The molecule has 16 heavy (non-hydrogen) atoms. The number of amides is 1. The number of rotatable bonds is 4. The molecule has 86 valence electrons. The van der Waals surface area contributed by atoms with Crippen molar-refractivity contribution in [2.45, 2.75) is 24.8 Å². The molecule has 0 spiro atoms. The van der Waals surface area contributed by atoms with Gasteiger partial charge in [-0.15, -0.1) is 0 Å². The molecule has 3 nitrogen and oxygen atoms in total. The zero-order valence-corrected chi connectivity index (χ0v) is 10.5. The fourth-order valence-corrected chi connectivity index (χ4v) is 2.48. The molecule has 0 bridgehead atoms. The fraction of sp³-hybridized carbons (Fsp3) is 0.417. The summed E-state index contributed by atoms with van der Waals surface area (Å²) in [5, 5.41) is 3.15. The molecule has 1 amide bonds. The Morgan fingerprint density at radius 2 is 2.25 bits per heavy atom. The van der Waals surface area contributed by atoms with Gasteiger partial charge in [-0.3, -0.25) is 4.79 Å². The van der Waals surface area contributed by atoms with E-state index >= 15 is 0 Å². The van der Waals surface area contributed by atoms with E-state index in [0.29, 0.717) is 12.0 Å². The van der Waals surface area contributed by atoms with Crippen molar-refractivity contribution >= 4 is 21.8 Å². The van der Waals surface area contributed by atoms with E-state index in [9.17, 15) is 4.79 Å². The second kappa shape index (κ2) is 4.97. The smallest absolute Gasteiger partial charge is 0.231 e. The Kier molecular flexibility index (Phi) is 3.61. The number of nitrogens with two attached hydrogens (primary N) is 1. The fourth-order valence-electron chi connectivity index (χ4n) is 2.06. The molecular weight excluding hydrogens is 268 g/mol. The molecule has 1 aliphatic rings. The number of halogens is 1. The summed E-state index contributed by atoms with van der Waals surface area (Å²) in [5.74, 6) is 0.328. The third-order valence-corrected chi connectivity index (χ3v) is 3.52. The van der Waals surface area contributed by atoms with Gasteiger partial charge in [0, 0.05) is 10.5 Å². The quantitative estimate of drug-likeness (QED) is 0.884. The van der Waals surface area contributed by atoms with Crippen molar-refractivity contribution in [3.05, 3.63) is 34.3 Å². The van der Waals surface area contributed by atoms with Crippen LogP contribution >= 0.6 is 15.9 Å². The standard InChI is InChI=1S/C12H15BrN2O/c13-10-3-1-2-8(4-10)9-5-11(6-9)15-7-12(14)16/h1-4,9,11,15H,5-7H2,(H2,14,16). The highest BCUT2D eigenvalue weighted by molar-refractivity contribution is 9.10. The second-order valence-corrected chi connectivity index (χ2v) is 5.18. The molecule has 0 atom stereocenters. The average molecular weight is 283 g/mol. The monoisotopic (exact) mass is 282 g/mol. The summed E-state index contributed by atoms with van der Waals surface area (Å²) in [7, 11) is 0. The summed E-state index contributed by atoms with van der Waals surface area (Å²) in [4.78, 5) is 10.6. The Balaban J connectivity index is 1.82. The molecule has 0 unspecified atom stereocenters. The number of carbonyl (C=O) groups excluding carboxylic acids is 1. The molecule has 3 N–H and O–H groups in total. The van der Waals surface area contributed by atoms with Crippen LogP contribution in [0.15, 0.2) is 28.7 Å². The van der Waals surface area contributed by atoms with Gasteiger partial charge in [-0.1, -0.05) is 28.1 Å². The highest BCUT2D eigenvalue weighted by atomic mass is 79.9. The lowest BCUT2D eigenvalue weighted by atomic mass is 9.76. The predicted molar refractivity (Wildman–Crippen MR) is 67.1 cm³/mol. The lowest BCUT2D eigenvalue weighted by Crippen LogP contribution is -2.43. The van der Waals surface area contributed by atoms with Crippen LogP contribution in [0.5, 0.6) is 0 Å². The first-order valence-corrected chi connectivity index (χ1v) is 6.21. The lowest BCUT2D eigenvalue weighted by Gasteiger charge is -2.36. The van der Waals surface area contributed by atoms with Crippen molar-refractivity contribution in [3.63, 3.8) is 0 Å². The topological polar surface area (TPSA) is 55.1 Å². The van der Waals surface area contributed by atoms with Crippen molar-refractivity contribution in [2.75, 3.05) is 6.54 Å². The minimum atomic E-state index is -0.286. The Morgan fingerprint density at radius 3 is 2.88 bits per heavy atom. The van der Waals surface area contributed by atoms with Gasteiger partial charge in [0.15, 0.2) is 0 Å². The molecule has 1 aromatic carbocycles. The van der Waals surface area contributed by atoms with Gasteiger partial charge in [0.05, 0.1) is 6.54 Å². The Morgan fingerprint density at radius 1 is 1.50 bits per heavy atom. The van der Waals surface area contributed by atoms with Crippen LogP contribution in [0.4, 0.5) is 0 Å². The minimum absolute atomic E-state index is 0.286. The number of hydrogen-bond acceptors (Lipinski definition) is 2. The van der Waals surface area contributed by atoms with E-state index in [-0.39, 0.29) is 12.5 Å². The van der Waals surface area contributed by atoms with Crippen LogP contribution in [0.2, 0.25) is 0 Å². The number of benzene rings is 1. The van der Waals surface area contributed by atoms with E-state index in [2.05, 4.69) is 39.4 Å². The molecule has 0 saturated heterocycles. The second-order valence-electron chi connectivity index (χ2n) is 4.27. The molecule has 1 aliphatic carbocycles. The third-order valence-electron chi connectivity index (χ3n) is 3.02. The van der Waals surface area contributed by atoms with Crippen LogP contribution in [0.1, 0.15) is 24.3 Å². The largest absolute Gasteiger partial charge is 0.369 e. The van der Waals surface area contributed by atoms with Gasteiger partial charge in [0.1, 0.15) is 0 Å². The first-order valence-electron chi connectivity index (χ1n) is 5.42. The van der Waals surface area contributed by atoms with Crippen molar-refractivity contribution in [1.29, 1.82) is 0 Å². The zero-order chi connectivity index (χ0) is 11.5. The zero-order valence-electron chi connectivity index (χ0n) is 8.95. The van der Waals surface area contributed by atoms with Gasteiger partial charge < -0.3 is 11.1 Å². The van der Waals surface area contributed by atoms with Gasteiger partial charge in [-0.25, -0.2) is 0 Å². The van der Waals surface area contributed by atoms with Gasteiger partial charge in [0.2, 0.25) is 5.91 Å². The van der Waals surface area contributed by atoms with E-state index in [0.717, 1.165) is 17.3 Å². The molecule has 0 heterocycles. The molecule has 0 aromatic heterocycles. The summed E-state index contributed by atoms with van der Waals surface area (Å²) in [5.41, 5.74) is 6.44. The number of nitrogens with one attached hydrogen (secondary N) is 1. The average Bonchev–Trinajstić information content (AvgIpc) is 2.14. The molecule has 0 radical (unpaired) electrons. The van der Waals surface area contributed by atoms with Crippen LogP contribution in [0, 0.1) is 0 Å². The molecule has 4 heteroatoms. The van der Waals surface area contributed by atoms with Crippen LogP contribution in [0.3, 0.4) is 0 Å². The van der Waals surface area contributed by atoms with Crippen molar-refractivity contribution in [1.82, 2.24) is 5.32 Å². The van der Waals surface area contributed by atoms with Crippen molar-refractivity contribution in [2.24, 2.45) is 5.73 Å². The van der Waals surface area contributed by atoms with E-state index in [1.165, 1.54) is 5.56 Å². The Hall–Kier alpha value is -0.870. The number of primary amides is 1. The van der Waals surface area contributed by atoms with Crippen molar-refractivity contribution < 1.29 is 4.79 Å². The van der Waals surface area contributed by atoms with Crippen molar-refractivity contribution in [3.8, 4) is 0 Å². The van der Waals surface area contributed by atoms with Gasteiger partial charge >= 0.3 is 0 Å². The van der Waals surface area contributed by atoms with Crippen LogP contribution in [0.25, 0.3) is 0 Å². The van der Waals surface area contributed by atoms with Gasteiger partial charge in [-0.05, 0) is 36.5 Å². The lowest BCUT2D eigenvalue weighted by molar-refractivity contribution is -0.117. The Bertz CT molecular complexity index is 388. The number of hydrogen-bond donors (Lipinski definition) is 2. The first kappa shape index (κ1) is 11.6.